The zero-order valence-electron chi connectivity index (χ0n) is 10.5. The summed E-state index contributed by atoms with van der Waals surface area (Å²) in [6.45, 7) is 3.09. The predicted molar refractivity (Wildman–Crippen MR) is 79.8 cm³/mol. The highest BCUT2D eigenvalue weighted by Gasteiger charge is 2.47. The number of aliphatic hydroxyl groups excluding tert-OH is 1. The molecule has 0 bridgehead atoms. The van der Waals surface area contributed by atoms with E-state index in [1.165, 1.54) is 25.1 Å². The first kappa shape index (κ1) is 17.1. The van der Waals surface area contributed by atoms with Gasteiger partial charge in [0.2, 0.25) is 0 Å². The van der Waals surface area contributed by atoms with Crippen LogP contribution in [0.3, 0.4) is 0 Å². The average molecular weight is 346 g/mol. The number of sulfone groups is 1. The van der Waals surface area contributed by atoms with Gasteiger partial charge in [-0.05, 0) is 18.6 Å². The quantitative estimate of drug-likeness (QED) is 0.826. The number of hydrogen-bond donors (Lipinski definition) is 1. The van der Waals surface area contributed by atoms with Crippen molar-refractivity contribution in [3.05, 3.63) is 33.8 Å². The van der Waals surface area contributed by atoms with Crippen molar-refractivity contribution in [1.29, 1.82) is 0 Å². The van der Waals surface area contributed by atoms with Gasteiger partial charge < -0.3 is 5.11 Å². The van der Waals surface area contributed by atoms with E-state index < -0.39 is 20.1 Å². The van der Waals surface area contributed by atoms with Gasteiger partial charge in [-0.25, -0.2) is 8.42 Å². The minimum atomic E-state index is -3.66. The Bertz CT molecular complexity index is 559. The predicted octanol–water partition coefficient (Wildman–Crippen LogP) is 3.81. The first-order chi connectivity index (χ1) is 8.69. The van der Waals surface area contributed by atoms with Crippen LogP contribution in [0.4, 0.5) is 0 Å². The van der Waals surface area contributed by atoms with Crippen LogP contribution in [0.1, 0.15) is 31.9 Å². The molecule has 0 unspecified atom stereocenters. The summed E-state index contributed by atoms with van der Waals surface area (Å²) in [6.07, 6.45) is -1.36. The fourth-order valence-electron chi connectivity index (χ4n) is 1.78. The molecule has 0 heterocycles. The fourth-order valence-corrected chi connectivity index (χ4v) is 4.12. The van der Waals surface area contributed by atoms with Crippen LogP contribution < -0.4 is 0 Å². The summed E-state index contributed by atoms with van der Waals surface area (Å²) in [5.41, 5.74) is 0.250. The highest BCUT2D eigenvalue weighted by Crippen LogP contribution is 2.42. The maximum Gasteiger partial charge on any atom is 0.175 e. The molecule has 0 aliphatic rings. The molecule has 0 saturated heterocycles. The fraction of sp³-hybridized carbons (Fsp3) is 0.500. The molecule has 0 amide bonds. The van der Waals surface area contributed by atoms with E-state index >= 15 is 0 Å². The lowest BCUT2D eigenvalue weighted by Gasteiger charge is -2.31. The number of halogens is 3. The Kier molecular flexibility index (Phi) is 5.55. The van der Waals surface area contributed by atoms with Crippen molar-refractivity contribution in [2.45, 2.75) is 30.6 Å². The first-order valence-electron chi connectivity index (χ1n) is 5.73. The molecule has 2 atom stereocenters. The summed E-state index contributed by atoms with van der Waals surface area (Å²) in [6, 6.07) is 4.44. The maximum absolute atomic E-state index is 12.1. The van der Waals surface area contributed by atoms with E-state index in [0.29, 0.717) is 5.02 Å². The van der Waals surface area contributed by atoms with E-state index in [9.17, 15) is 13.5 Å². The molecule has 0 saturated carbocycles. The van der Waals surface area contributed by atoms with Crippen molar-refractivity contribution in [3.8, 4) is 0 Å². The summed E-state index contributed by atoms with van der Waals surface area (Å²) in [5.74, 6) is -0.160. The Morgan fingerprint density at radius 1 is 1.32 bits per heavy atom. The maximum atomic E-state index is 12.1. The molecule has 1 rings (SSSR count). The smallest absolute Gasteiger partial charge is 0.175 e. The number of aliphatic hydroxyl groups is 1. The Labute approximate surface area is 128 Å². The second-order valence-electron chi connectivity index (χ2n) is 4.11. The molecule has 0 aliphatic carbocycles. The number of hydrogen-bond acceptors (Lipinski definition) is 3. The summed E-state index contributed by atoms with van der Waals surface area (Å²) in [5, 5.41) is 10.9. The van der Waals surface area contributed by atoms with Gasteiger partial charge in [-0.2, -0.15) is 0 Å². The third-order valence-corrected chi connectivity index (χ3v) is 7.09. The molecule has 7 heteroatoms. The van der Waals surface area contributed by atoms with Crippen LogP contribution in [0.5, 0.6) is 0 Å². The molecule has 1 N–H and O–H groups in total. The molecule has 0 fully saturated rings. The van der Waals surface area contributed by atoms with Gasteiger partial charge in [-0.15, -0.1) is 0 Å². The molecule has 1 aromatic carbocycles. The molecular formula is C12H15Cl3O3S. The van der Waals surface area contributed by atoms with E-state index in [0.717, 1.165) is 0 Å². The van der Waals surface area contributed by atoms with Crippen molar-refractivity contribution in [1.82, 2.24) is 0 Å². The van der Waals surface area contributed by atoms with E-state index in [1.54, 1.807) is 6.92 Å². The third kappa shape index (κ3) is 3.19. The van der Waals surface area contributed by atoms with E-state index in [2.05, 4.69) is 0 Å². The van der Waals surface area contributed by atoms with E-state index in [4.69, 9.17) is 34.8 Å². The molecule has 0 aromatic heterocycles. The molecule has 19 heavy (non-hydrogen) atoms. The van der Waals surface area contributed by atoms with Crippen LogP contribution in [-0.4, -0.2) is 23.5 Å². The minimum Gasteiger partial charge on any atom is -0.385 e. The number of benzene rings is 1. The van der Waals surface area contributed by atoms with Crippen molar-refractivity contribution in [2.75, 3.05) is 5.75 Å². The second kappa shape index (κ2) is 6.19. The summed E-state index contributed by atoms with van der Waals surface area (Å²) < 4.78 is 22.4. The Morgan fingerprint density at radius 2 is 1.89 bits per heavy atom. The van der Waals surface area contributed by atoms with Gasteiger partial charge in [0.15, 0.2) is 14.0 Å². The highest BCUT2D eigenvalue weighted by molar-refractivity contribution is 7.94. The van der Waals surface area contributed by atoms with Crippen molar-refractivity contribution >= 4 is 44.6 Å². The second-order valence-corrected chi connectivity index (χ2v) is 8.39. The number of rotatable bonds is 5. The van der Waals surface area contributed by atoms with Crippen LogP contribution in [0.2, 0.25) is 10.0 Å². The van der Waals surface area contributed by atoms with Crippen molar-refractivity contribution in [2.24, 2.45) is 0 Å². The van der Waals surface area contributed by atoms with Gasteiger partial charge in [0, 0.05) is 21.4 Å². The van der Waals surface area contributed by atoms with Gasteiger partial charge in [-0.3, -0.25) is 0 Å². The van der Waals surface area contributed by atoms with Gasteiger partial charge >= 0.3 is 0 Å². The molecule has 0 radical (unpaired) electrons. The van der Waals surface area contributed by atoms with Crippen LogP contribution in [0.25, 0.3) is 0 Å². The summed E-state index contributed by atoms with van der Waals surface area (Å²) >= 11 is 17.9. The third-order valence-electron chi connectivity index (χ3n) is 3.04. The lowest BCUT2D eigenvalue weighted by molar-refractivity contribution is 0.154. The summed E-state index contributed by atoms with van der Waals surface area (Å²) in [4.78, 5) is 0. The molecule has 0 spiro atoms. The minimum absolute atomic E-state index is 0.0604. The van der Waals surface area contributed by atoms with Crippen LogP contribution in [0.15, 0.2) is 18.2 Å². The zero-order chi connectivity index (χ0) is 14.8. The summed E-state index contributed by atoms with van der Waals surface area (Å²) in [7, 11) is -3.66. The molecule has 3 nitrogen and oxygen atoms in total. The number of alkyl halides is 1. The van der Waals surface area contributed by atoms with Crippen LogP contribution >= 0.6 is 34.8 Å². The van der Waals surface area contributed by atoms with Crippen LogP contribution in [0, 0.1) is 0 Å². The molecule has 1 aromatic rings. The average Bonchev–Trinajstić information content (AvgIpc) is 2.36. The Balaban J connectivity index is 3.34. The van der Waals surface area contributed by atoms with Gasteiger partial charge in [0.25, 0.3) is 0 Å². The lowest BCUT2D eigenvalue weighted by atomic mass is 10.0. The van der Waals surface area contributed by atoms with E-state index in [-0.39, 0.29) is 22.8 Å². The molecule has 108 valence electrons. The highest BCUT2D eigenvalue weighted by atomic mass is 35.5. The van der Waals surface area contributed by atoms with Gasteiger partial charge in [0.05, 0.1) is 0 Å². The van der Waals surface area contributed by atoms with Crippen molar-refractivity contribution < 1.29 is 13.5 Å². The largest absolute Gasteiger partial charge is 0.385 e. The molecular weight excluding hydrogens is 331 g/mol. The van der Waals surface area contributed by atoms with Gasteiger partial charge in [-0.1, -0.05) is 54.7 Å². The van der Waals surface area contributed by atoms with E-state index in [1.807, 2.05) is 0 Å². The molecule has 0 aliphatic heterocycles. The van der Waals surface area contributed by atoms with Crippen molar-refractivity contribution in [3.63, 3.8) is 0 Å². The SMILES string of the molecule is CC[C@](Cl)([C@H](O)c1ccc(Cl)cc1Cl)S(=O)(=O)CC. The van der Waals surface area contributed by atoms with Gasteiger partial charge in [0.1, 0.15) is 6.10 Å². The standard InChI is InChI=1S/C12H15Cl3O3S/c1-3-12(15,19(17,18)4-2)11(16)9-6-5-8(13)7-10(9)14/h5-7,11,16H,3-4H2,1-2H3/t11-,12-/m1/s1. The monoisotopic (exact) mass is 344 g/mol. The first-order valence-corrected chi connectivity index (χ1v) is 8.52. The van der Waals surface area contributed by atoms with Crippen LogP contribution in [-0.2, 0) is 9.84 Å². The topological polar surface area (TPSA) is 54.4 Å². The Hall–Kier alpha value is -0.000000000000000111. The normalized spacial score (nSPS) is 16.9. The Morgan fingerprint density at radius 3 is 2.32 bits per heavy atom. The lowest BCUT2D eigenvalue weighted by Crippen LogP contribution is -2.39. The zero-order valence-corrected chi connectivity index (χ0v) is 13.6.